The first-order chi connectivity index (χ1) is 12.1. The minimum absolute atomic E-state index is 0. The fourth-order valence-electron chi connectivity index (χ4n) is 2.44. The van der Waals surface area contributed by atoms with Crippen LogP contribution in [-0.4, -0.2) is 5.11 Å². The Kier molecular flexibility index (Phi) is 16.5. The highest BCUT2D eigenvalue weighted by atomic mass is 127. The van der Waals surface area contributed by atoms with E-state index in [4.69, 9.17) is 0 Å². The molecule has 2 heterocycles. The Morgan fingerprint density at radius 1 is 0.586 bits per heavy atom. The number of pyridine rings is 2. The van der Waals surface area contributed by atoms with Crippen LogP contribution < -0.4 is 9.13 Å². The summed E-state index contributed by atoms with van der Waals surface area (Å²) in [5, 5.41) is 10.1. The topological polar surface area (TPSA) is 28.0 Å². The van der Waals surface area contributed by atoms with Gasteiger partial charge in [-0.2, -0.15) is 0 Å². The van der Waals surface area contributed by atoms with Gasteiger partial charge in [0, 0.05) is 29.8 Å². The van der Waals surface area contributed by atoms with Gasteiger partial charge in [0.1, 0.15) is 19.8 Å². The van der Waals surface area contributed by atoms with Crippen molar-refractivity contribution in [2.24, 2.45) is 14.1 Å². The normalized spacial score (nSPS) is 9.86. The summed E-state index contributed by atoms with van der Waals surface area (Å²) in [6.45, 7) is 0. The van der Waals surface area contributed by atoms with E-state index >= 15 is 0 Å². The van der Waals surface area contributed by atoms with Gasteiger partial charge in [0.2, 0.25) is 0 Å². The maximum absolute atomic E-state index is 10.1. The van der Waals surface area contributed by atoms with Crippen LogP contribution in [0.25, 0.3) is 24.3 Å². The summed E-state index contributed by atoms with van der Waals surface area (Å²) in [7, 11) is 3.99. The molecule has 0 aliphatic carbocycles. The number of hydrogen-bond acceptors (Lipinski definition) is 1. The van der Waals surface area contributed by atoms with Crippen molar-refractivity contribution in [2.75, 3.05) is 0 Å². The van der Waals surface area contributed by atoms with Crippen molar-refractivity contribution in [3.8, 4) is 5.75 Å². The largest absolute Gasteiger partial charge is 0.507 e. The molecule has 3 aromatic rings. The Morgan fingerprint density at radius 2 is 1.00 bits per heavy atom. The van der Waals surface area contributed by atoms with Gasteiger partial charge in [-0.25, -0.2) is 9.13 Å². The first-order valence-corrected chi connectivity index (χ1v) is 8.20. The number of phenols is 1. The second kappa shape index (κ2) is 15.5. The number of aryl methyl sites for hydroxylation is 2. The van der Waals surface area contributed by atoms with Gasteiger partial charge in [-0.15, -0.1) is 95.9 Å². The molecular formula is C22H26I4N2O+2. The van der Waals surface area contributed by atoms with Crippen LogP contribution in [0, 0.1) is 0 Å². The van der Waals surface area contributed by atoms with E-state index in [0.29, 0.717) is 0 Å². The lowest BCUT2D eigenvalue weighted by atomic mass is 10.1. The lowest BCUT2D eigenvalue weighted by molar-refractivity contribution is -0.671. The van der Waals surface area contributed by atoms with Gasteiger partial charge in [-0.1, -0.05) is 30.4 Å². The molecule has 0 bridgehead atoms. The monoisotopic (exact) mass is 842 g/mol. The van der Waals surface area contributed by atoms with Gasteiger partial charge >= 0.3 is 0 Å². The maximum atomic E-state index is 10.1. The first-order valence-electron chi connectivity index (χ1n) is 8.20. The highest BCUT2D eigenvalue weighted by Crippen LogP contribution is 2.22. The standard InChI is InChI=1S/C22H21N2O.4HI/c1-23-13-9-18(10-14-23)3-4-20-6-8-22(25)21(17-20)7-5-19-11-15-24(2)16-12-19;;;;/h3-17H,1-2H3;4*1H/q+1;;;;/p+1. The molecule has 156 valence electrons. The molecule has 0 spiro atoms. The van der Waals surface area contributed by atoms with E-state index in [-0.39, 0.29) is 102 Å². The Hall–Kier alpha value is -0.280. The van der Waals surface area contributed by atoms with Crippen LogP contribution >= 0.6 is 95.9 Å². The minimum atomic E-state index is 0. The van der Waals surface area contributed by atoms with Gasteiger partial charge in [0.25, 0.3) is 0 Å². The van der Waals surface area contributed by atoms with Crippen LogP contribution in [0.2, 0.25) is 0 Å². The number of benzene rings is 1. The van der Waals surface area contributed by atoms with Crippen LogP contribution in [-0.2, 0) is 14.1 Å². The van der Waals surface area contributed by atoms with Gasteiger partial charge < -0.3 is 5.11 Å². The Balaban J connectivity index is 0. The number of hydrogen-bond donors (Lipinski definition) is 1. The van der Waals surface area contributed by atoms with Crippen LogP contribution in [0.1, 0.15) is 22.3 Å². The third-order valence-electron chi connectivity index (χ3n) is 3.98. The molecule has 1 N–H and O–H groups in total. The molecule has 0 fully saturated rings. The van der Waals surface area contributed by atoms with E-state index in [0.717, 1.165) is 22.3 Å². The number of rotatable bonds is 4. The molecule has 7 heteroatoms. The maximum Gasteiger partial charge on any atom is 0.169 e. The quantitative estimate of drug-likeness (QED) is 0.259. The highest BCUT2D eigenvalue weighted by molar-refractivity contribution is 14.0. The third-order valence-corrected chi connectivity index (χ3v) is 3.98. The summed E-state index contributed by atoms with van der Waals surface area (Å²) in [6.07, 6.45) is 16.1. The molecule has 3 nitrogen and oxygen atoms in total. The van der Waals surface area contributed by atoms with E-state index in [2.05, 4.69) is 24.3 Å². The van der Waals surface area contributed by atoms with Crippen molar-refractivity contribution in [2.45, 2.75) is 0 Å². The lowest BCUT2D eigenvalue weighted by Crippen LogP contribution is -2.25. The smallest absolute Gasteiger partial charge is 0.169 e. The summed E-state index contributed by atoms with van der Waals surface area (Å²) in [5.41, 5.74) is 4.08. The van der Waals surface area contributed by atoms with Crippen molar-refractivity contribution in [1.29, 1.82) is 0 Å². The number of nitrogens with zero attached hydrogens (tertiary/aromatic N) is 2. The molecule has 0 unspecified atom stereocenters. The van der Waals surface area contributed by atoms with Crippen molar-refractivity contribution < 1.29 is 14.2 Å². The Labute approximate surface area is 241 Å². The first kappa shape index (κ1) is 30.9. The Bertz CT molecular complexity index is 925. The second-order valence-electron chi connectivity index (χ2n) is 6.08. The van der Waals surface area contributed by atoms with Crippen LogP contribution in [0.15, 0.2) is 67.3 Å². The lowest BCUT2D eigenvalue weighted by Gasteiger charge is -2.01. The number of aromatic nitrogens is 2. The average Bonchev–Trinajstić information content (AvgIpc) is 2.62. The van der Waals surface area contributed by atoms with Gasteiger partial charge in [0.05, 0.1) is 0 Å². The molecule has 29 heavy (non-hydrogen) atoms. The Morgan fingerprint density at radius 3 is 1.48 bits per heavy atom. The molecule has 0 amide bonds. The minimum Gasteiger partial charge on any atom is -0.507 e. The molecule has 0 aliphatic heterocycles. The average molecular weight is 842 g/mol. The predicted molar refractivity (Wildman–Crippen MR) is 163 cm³/mol. The third kappa shape index (κ3) is 10.0. The van der Waals surface area contributed by atoms with Gasteiger partial charge in [0.15, 0.2) is 24.8 Å². The molecule has 0 aliphatic rings. The zero-order chi connectivity index (χ0) is 17.6. The van der Waals surface area contributed by atoms with Crippen molar-refractivity contribution in [3.63, 3.8) is 0 Å². The zero-order valence-electron chi connectivity index (χ0n) is 16.1. The van der Waals surface area contributed by atoms with E-state index in [1.54, 1.807) is 6.07 Å². The van der Waals surface area contributed by atoms with Crippen molar-refractivity contribution in [1.82, 2.24) is 0 Å². The van der Waals surface area contributed by atoms with E-state index in [1.165, 1.54) is 0 Å². The van der Waals surface area contributed by atoms with Gasteiger partial charge in [-0.05, 0) is 28.8 Å². The number of halogens is 4. The molecular weight excluding hydrogens is 816 g/mol. The zero-order valence-corrected chi connectivity index (χ0v) is 25.5. The van der Waals surface area contributed by atoms with Crippen molar-refractivity contribution >= 4 is 120 Å². The summed E-state index contributed by atoms with van der Waals surface area (Å²) in [6, 6.07) is 13.8. The van der Waals surface area contributed by atoms with Crippen LogP contribution in [0.3, 0.4) is 0 Å². The highest BCUT2D eigenvalue weighted by Gasteiger charge is 1.99. The summed E-state index contributed by atoms with van der Waals surface area (Å²) < 4.78 is 3.99. The summed E-state index contributed by atoms with van der Waals surface area (Å²) >= 11 is 0. The SMILES string of the molecule is C[n+]1ccc(/C=C/c2ccc(O)c(/C=C/c3cc[n+](C)cc3)c2)cc1.I.I.I.I. The fourth-order valence-corrected chi connectivity index (χ4v) is 2.44. The van der Waals surface area contributed by atoms with Crippen LogP contribution in [0.4, 0.5) is 0 Å². The molecule has 1 aromatic carbocycles. The number of phenolic OH excluding ortho intramolecular Hbond substituents is 1. The van der Waals surface area contributed by atoms with Crippen molar-refractivity contribution in [3.05, 3.63) is 89.5 Å². The molecule has 0 radical (unpaired) electrons. The summed E-state index contributed by atoms with van der Waals surface area (Å²) in [5.74, 6) is 0.279. The van der Waals surface area contributed by atoms with Crippen LogP contribution in [0.5, 0.6) is 5.75 Å². The molecule has 2 aromatic heterocycles. The summed E-state index contributed by atoms with van der Waals surface area (Å²) in [4.78, 5) is 0. The molecule has 0 saturated heterocycles. The number of aromatic hydroxyl groups is 1. The second-order valence-corrected chi connectivity index (χ2v) is 6.08. The van der Waals surface area contributed by atoms with E-state index in [9.17, 15) is 5.11 Å². The van der Waals surface area contributed by atoms with E-state index < -0.39 is 0 Å². The predicted octanol–water partition coefficient (Wildman–Crippen LogP) is 5.85. The van der Waals surface area contributed by atoms with E-state index in [1.807, 2.05) is 84.4 Å². The molecule has 0 saturated carbocycles. The fraction of sp³-hybridized carbons (Fsp3) is 0.0909. The molecule has 0 atom stereocenters. The molecule has 3 rings (SSSR count). The van der Waals surface area contributed by atoms with Gasteiger partial charge in [-0.3, -0.25) is 0 Å².